The van der Waals surface area contributed by atoms with Gasteiger partial charge in [-0.15, -0.1) is 0 Å². The van der Waals surface area contributed by atoms with Gasteiger partial charge in [0.1, 0.15) is 5.82 Å². The number of hydrogen-bond acceptors (Lipinski definition) is 6. The van der Waals surface area contributed by atoms with Gasteiger partial charge in [0.15, 0.2) is 5.96 Å². The van der Waals surface area contributed by atoms with Crippen molar-refractivity contribution < 1.29 is 4.79 Å². The van der Waals surface area contributed by atoms with Crippen LogP contribution < -0.4 is 22.1 Å². The highest BCUT2D eigenvalue weighted by Crippen LogP contribution is 2.28. The average molecular weight is 419 g/mol. The Kier molecular flexibility index (Phi) is 5.92. The van der Waals surface area contributed by atoms with Gasteiger partial charge in [0.25, 0.3) is 5.91 Å². The van der Waals surface area contributed by atoms with Crippen LogP contribution in [-0.2, 0) is 0 Å². The van der Waals surface area contributed by atoms with E-state index in [0.29, 0.717) is 17.0 Å². The molecule has 0 spiro atoms. The Morgan fingerprint density at radius 2 is 2.00 bits per heavy atom. The Hall–Kier alpha value is -3.75. The third-order valence-electron chi connectivity index (χ3n) is 5.34. The molecule has 31 heavy (non-hydrogen) atoms. The SMILES string of the molecule is Cc1ccc2nc(C(=O)Nc3cccnc3)nc(NC3CCCCC3N=C(N)N)c2c1. The maximum atomic E-state index is 12.8. The van der Waals surface area contributed by atoms with Gasteiger partial charge in [-0.1, -0.05) is 24.5 Å². The highest BCUT2D eigenvalue weighted by atomic mass is 16.2. The van der Waals surface area contributed by atoms with E-state index < -0.39 is 5.91 Å². The van der Waals surface area contributed by atoms with Gasteiger partial charge in [-0.3, -0.25) is 9.78 Å². The van der Waals surface area contributed by atoms with Crippen LogP contribution in [0.3, 0.4) is 0 Å². The van der Waals surface area contributed by atoms with Crippen LogP contribution in [0.5, 0.6) is 0 Å². The predicted molar refractivity (Wildman–Crippen MR) is 122 cm³/mol. The highest BCUT2D eigenvalue weighted by molar-refractivity contribution is 6.03. The highest BCUT2D eigenvalue weighted by Gasteiger charge is 2.26. The number of anilines is 2. The number of hydrogen-bond donors (Lipinski definition) is 4. The molecule has 1 aliphatic carbocycles. The molecule has 2 aromatic heterocycles. The number of nitrogens with two attached hydrogens (primary N) is 2. The quantitative estimate of drug-likeness (QED) is 0.368. The maximum Gasteiger partial charge on any atom is 0.293 e. The first-order valence-electron chi connectivity index (χ1n) is 10.3. The minimum atomic E-state index is -0.400. The van der Waals surface area contributed by atoms with Gasteiger partial charge >= 0.3 is 0 Å². The third kappa shape index (κ3) is 4.88. The van der Waals surface area contributed by atoms with E-state index in [-0.39, 0.29) is 23.9 Å². The summed E-state index contributed by atoms with van der Waals surface area (Å²) in [5, 5.41) is 7.15. The van der Waals surface area contributed by atoms with E-state index in [4.69, 9.17) is 11.5 Å². The molecule has 0 aliphatic heterocycles. The number of nitrogens with one attached hydrogen (secondary N) is 2. The molecule has 2 atom stereocenters. The third-order valence-corrected chi connectivity index (χ3v) is 5.34. The molecule has 9 nitrogen and oxygen atoms in total. The Labute approximate surface area is 180 Å². The number of aryl methyl sites for hydroxylation is 1. The standard InChI is InChI=1S/C22H26N8O/c1-13-8-9-16-15(11-13)19(28-17-6-2-3-7-18(17)29-22(23)24)30-20(27-16)21(31)26-14-5-4-10-25-12-14/h4-5,8-12,17-18H,2-3,6-7H2,1H3,(H,26,31)(H4,23,24,29)(H,27,28,30). The molecule has 2 unspecified atom stereocenters. The lowest BCUT2D eigenvalue weighted by atomic mass is 9.90. The van der Waals surface area contributed by atoms with Crippen LogP contribution in [0.4, 0.5) is 11.5 Å². The zero-order chi connectivity index (χ0) is 21.8. The number of aliphatic imine (C=N–C) groups is 1. The van der Waals surface area contributed by atoms with Gasteiger partial charge in [0.2, 0.25) is 5.82 Å². The molecule has 3 aromatic rings. The number of aromatic nitrogens is 3. The molecule has 0 bridgehead atoms. The second kappa shape index (κ2) is 8.95. The Bertz CT molecular complexity index is 1110. The fourth-order valence-corrected chi connectivity index (χ4v) is 3.88. The summed E-state index contributed by atoms with van der Waals surface area (Å²) in [5.41, 5.74) is 13.6. The summed E-state index contributed by atoms with van der Waals surface area (Å²) in [4.78, 5) is 30.3. The van der Waals surface area contributed by atoms with Gasteiger partial charge < -0.3 is 22.1 Å². The van der Waals surface area contributed by atoms with Crippen molar-refractivity contribution in [2.24, 2.45) is 16.5 Å². The lowest BCUT2D eigenvalue weighted by Crippen LogP contribution is -2.38. The molecule has 1 aliphatic rings. The number of rotatable bonds is 5. The summed E-state index contributed by atoms with van der Waals surface area (Å²) in [6.07, 6.45) is 7.17. The number of carbonyl (C=O) groups excluding carboxylic acids is 1. The van der Waals surface area contributed by atoms with Crippen LogP contribution in [0.2, 0.25) is 0 Å². The Morgan fingerprint density at radius 1 is 1.16 bits per heavy atom. The zero-order valence-electron chi connectivity index (χ0n) is 17.4. The molecule has 160 valence electrons. The van der Waals surface area contributed by atoms with Crippen LogP contribution >= 0.6 is 0 Å². The molecule has 9 heteroatoms. The van der Waals surface area contributed by atoms with Crippen molar-refractivity contribution in [3.8, 4) is 0 Å². The van der Waals surface area contributed by atoms with E-state index in [1.54, 1.807) is 24.5 Å². The average Bonchev–Trinajstić information content (AvgIpc) is 2.75. The van der Waals surface area contributed by atoms with Gasteiger partial charge in [-0.2, -0.15) is 0 Å². The second-order valence-corrected chi connectivity index (χ2v) is 7.77. The molecule has 1 amide bonds. The first-order chi connectivity index (χ1) is 15.0. The number of carbonyl (C=O) groups is 1. The normalized spacial score (nSPS) is 18.4. The largest absolute Gasteiger partial charge is 0.370 e. The number of nitrogens with zero attached hydrogens (tertiary/aromatic N) is 4. The van der Waals surface area contributed by atoms with E-state index >= 15 is 0 Å². The van der Waals surface area contributed by atoms with E-state index in [2.05, 4.69) is 30.6 Å². The molecule has 1 saturated carbocycles. The molecule has 1 aromatic carbocycles. The van der Waals surface area contributed by atoms with Crippen molar-refractivity contribution >= 4 is 34.3 Å². The van der Waals surface area contributed by atoms with Gasteiger partial charge in [-0.05, 0) is 44.0 Å². The number of guanidine groups is 1. The van der Waals surface area contributed by atoms with Crippen molar-refractivity contribution in [3.63, 3.8) is 0 Å². The van der Waals surface area contributed by atoms with Crippen LogP contribution in [0.1, 0.15) is 41.9 Å². The minimum absolute atomic E-state index is 0.0173. The molecule has 6 N–H and O–H groups in total. The molecular formula is C22H26N8O. The van der Waals surface area contributed by atoms with Crippen LogP contribution in [0, 0.1) is 6.92 Å². The van der Waals surface area contributed by atoms with E-state index in [9.17, 15) is 4.79 Å². The molecular weight excluding hydrogens is 392 g/mol. The van der Waals surface area contributed by atoms with Crippen LogP contribution in [-0.4, -0.2) is 38.9 Å². The van der Waals surface area contributed by atoms with E-state index in [1.807, 2.05) is 25.1 Å². The second-order valence-electron chi connectivity index (χ2n) is 7.77. The lowest BCUT2D eigenvalue weighted by Gasteiger charge is -2.30. The van der Waals surface area contributed by atoms with Gasteiger partial charge in [0, 0.05) is 11.6 Å². The van der Waals surface area contributed by atoms with Crippen molar-refractivity contribution in [1.82, 2.24) is 15.0 Å². The Morgan fingerprint density at radius 3 is 2.77 bits per heavy atom. The van der Waals surface area contributed by atoms with Crippen molar-refractivity contribution in [2.45, 2.75) is 44.7 Å². The summed E-state index contributed by atoms with van der Waals surface area (Å²) in [6, 6.07) is 9.36. The number of fused-ring (bicyclic) bond motifs is 1. The zero-order valence-corrected chi connectivity index (χ0v) is 17.4. The maximum absolute atomic E-state index is 12.8. The van der Waals surface area contributed by atoms with Crippen molar-refractivity contribution in [2.75, 3.05) is 10.6 Å². The number of pyridine rings is 1. The molecule has 1 fully saturated rings. The lowest BCUT2D eigenvalue weighted by molar-refractivity contribution is 0.101. The van der Waals surface area contributed by atoms with Crippen molar-refractivity contribution in [3.05, 3.63) is 54.1 Å². The fourth-order valence-electron chi connectivity index (χ4n) is 3.88. The monoisotopic (exact) mass is 418 g/mol. The summed E-state index contributed by atoms with van der Waals surface area (Å²) in [5.74, 6) is 0.367. The predicted octanol–water partition coefficient (Wildman–Crippen LogP) is 2.58. The van der Waals surface area contributed by atoms with Crippen LogP contribution in [0.25, 0.3) is 10.9 Å². The molecule has 0 saturated heterocycles. The summed E-state index contributed by atoms with van der Waals surface area (Å²) >= 11 is 0. The fraction of sp³-hybridized carbons (Fsp3) is 0.318. The molecule has 2 heterocycles. The smallest absolute Gasteiger partial charge is 0.293 e. The summed E-state index contributed by atoms with van der Waals surface area (Å²) < 4.78 is 0. The summed E-state index contributed by atoms with van der Waals surface area (Å²) in [6.45, 7) is 2.01. The molecule has 4 rings (SSSR count). The van der Waals surface area contributed by atoms with Gasteiger partial charge in [-0.25, -0.2) is 15.0 Å². The van der Waals surface area contributed by atoms with Crippen LogP contribution in [0.15, 0.2) is 47.7 Å². The number of benzene rings is 1. The topological polar surface area (TPSA) is 144 Å². The van der Waals surface area contributed by atoms with Crippen molar-refractivity contribution in [1.29, 1.82) is 0 Å². The first-order valence-corrected chi connectivity index (χ1v) is 10.3. The van der Waals surface area contributed by atoms with Gasteiger partial charge in [0.05, 0.1) is 29.5 Å². The Balaban J connectivity index is 1.69. The summed E-state index contributed by atoms with van der Waals surface area (Å²) in [7, 11) is 0. The molecule has 0 radical (unpaired) electrons. The van der Waals surface area contributed by atoms with E-state index in [0.717, 1.165) is 36.6 Å². The number of amides is 1. The first kappa shape index (κ1) is 20.5. The minimum Gasteiger partial charge on any atom is -0.370 e. The van der Waals surface area contributed by atoms with E-state index in [1.165, 1.54) is 0 Å².